The van der Waals surface area contributed by atoms with Gasteiger partial charge in [-0.2, -0.15) is 5.10 Å². The van der Waals surface area contributed by atoms with Crippen LogP contribution in [0.5, 0.6) is 0 Å². The second-order valence-electron chi connectivity index (χ2n) is 6.46. The lowest BCUT2D eigenvalue weighted by atomic mass is 10.1. The fraction of sp³-hybridized carbons (Fsp3) is 0.316. The molecule has 0 radical (unpaired) electrons. The average molecular weight is 335 g/mol. The van der Waals surface area contributed by atoms with Crippen LogP contribution in [0, 0.1) is 0 Å². The van der Waals surface area contributed by atoms with Gasteiger partial charge in [-0.15, -0.1) is 0 Å². The molecule has 128 valence electrons. The van der Waals surface area contributed by atoms with Gasteiger partial charge >= 0.3 is 0 Å². The molecule has 0 saturated carbocycles. The number of rotatable bonds is 3. The molecule has 3 heterocycles. The zero-order valence-corrected chi connectivity index (χ0v) is 14.2. The van der Waals surface area contributed by atoms with Crippen molar-refractivity contribution in [3.63, 3.8) is 0 Å². The van der Waals surface area contributed by atoms with E-state index in [2.05, 4.69) is 33.5 Å². The number of carbonyl (C=O) groups is 1. The maximum absolute atomic E-state index is 12.4. The number of nitrogens with zero attached hydrogens (tertiary/aromatic N) is 4. The van der Waals surface area contributed by atoms with Gasteiger partial charge in [-0.25, -0.2) is 4.98 Å². The molecule has 1 unspecified atom stereocenters. The van der Waals surface area contributed by atoms with E-state index in [9.17, 15) is 4.79 Å². The van der Waals surface area contributed by atoms with E-state index in [1.54, 1.807) is 24.0 Å². The third kappa shape index (κ3) is 3.20. The molecule has 2 aromatic heterocycles. The minimum absolute atomic E-state index is 0.0710. The van der Waals surface area contributed by atoms with Crippen LogP contribution < -0.4 is 10.2 Å². The van der Waals surface area contributed by atoms with Gasteiger partial charge < -0.3 is 10.2 Å². The van der Waals surface area contributed by atoms with Gasteiger partial charge in [0, 0.05) is 37.8 Å². The predicted octanol–water partition coefficient (Wildman–Crippen LogP) is 2.37. The minimum Gasteiger partial charge on any atom is -0.355 e. The fourth-order valence-corrected chi connectivity index (χ4v) is 3.39. The van der Waals surface area contributed by atoms with Crippen molar-refractivity contribution in [3.05, 3.63) is 54.4 Å². The van der Waals surface area contributed by atoms with Crippen LogP contribution in [-0.2, 0) is 7.05 Å². The van der Waals surface area contributed by atoms with Crippen LogP contribution in [0.25, 0.3) is 10.9 Å². The third-order valence-electron chi connectivity index (χ3n) is 4.72. The highest BCUT2D eigenvalue weighted by molar-refractivity contribution is 5.92. The van der Waals surface area contributed by atoms with E-state index in [1.165, 1.54) is 0 Å². The standard InChI is InChI=1S/C19H21N5O/c1-23-17(10-11-20-23)19(25)21-15-6-4-12-24(13-15)18-9-8-14-5-2-3-7-16(14)22-18/h2-3,5,7-11,15H,4,6,12-13H2,1H3,(H,21,25). The monoisotopic (exact) mass is 335 g/mol. The van der Waals surface area contributed by atoms with Crippen LogP contribution in [0.3, 0.4) is 0 Å². The van der Waals surface area contributed by atoms with Crippen molar-refractivity contribution < 1.29 is 4.79 Å². The number of carbonyl (C=O) groups excluding carboxylic acids is 1. The first-order valence-corrected chi connectivity index (χ1v) is 8.60. The summed E-state index contributed by atoms with van der Waals surface area (Å²) in [4.78, 5) is 19.4. The second kappa shape index (κ2) is 6.55. The van der Waals surface area contributed by atoms with E-state index in [0.29, 0.717) is 5.69 Å². The summed E-state index contributed by atoms with van der Waals surface area (Å²) in [5.41, 5.74) is 1.59. The van der Waals surface area contributed by atoms with Crippen LogP contribution in [-0.4, -0.2) is 39.8 Å². The van der Waals surface area contributed by atoms with E-state index < -0.39 is 0 Å². The summed E-state index contributed by atoms with van der Waals surface area (Å²) >= 11 is 0. The van der Waals surface area contributed by atoms with E-state index >= 15 is 0 Å². The highest BCUT2D eigenvalue weighted by Crippen LogP contribution is 2.21. The molecule has 25 heavy (non-hydrogen) atoms. The molecular weight excluding hydrogens is 314 g/mol. The van der Waals surface area contributed by atoms with E-state index in [-0.39, 0.29) is 11.9 Å². The SMILES string of the molecule is Cn1nccc1C(=O)NC1CCCN(c2ccc3ccccc3n2)C1. The third-order valence-corrected chi connectivity index (χ3v) is 4.72. The summed E-state index contributed by atoms with van der Waals surface area (Å²) in [6, 6.07) is 14.2. The Balaban J connectivity index is 1.48. The van der Waals surface area contributed by atoms with E-state index in [0.717, 1.165) is 42.7 Å². The number of aryl methyl sites for hydroxylation is 1. The highest BCUT2D eigenvalue weighted by Gasteiger charge is 2.23. The lowest BCUT2D eigenvalue weighted by Gasteiger charge is -2.34. The topological polar surface area (TPSA) is 63.1 Å². The molecule has 0 aliphatic carbocycles. The summed E-state index contributed by atoms with van der Waals surface area (Å²) in [6.07, 6.45) is 3.65. The maximum Gasteiger partial charge on any atom is 0.269 e. The van der Waals surface area contributed by atoms with E-state index in [4.69, 9.17) is 4.98 Å². The largest absolute Gasteiger partial charge is 0.355 e. The molecule has 0 spiro atoms. The molecule has 0 bridgehead atoms. The van der Waals surface area contributed by atoms with E-state index in [1.807, 2.05) is 18.2 Å². The van der Waals surface area contributed by atoms with Gasteiger partial charge in [0.25, 0.3) is 5.91 Å². The Morgan fingerprint density at radius 2 is 2.08 bits per heavy atom. The van der Waals surface area contributed by atoms with Crippen LogP contribution in [0.4, 0.5) is 5.82 Å². The molecule has 1 fully saturated rings. The Kier molecular flexibility index (Phi) is 4.09. The zero-order chi connectivity index (χ0) is 17.2. The molecule has 1 aromatic carbocycles. The molecule has 1 atom stereocenters. The Bertz CT molecular complexity index is 903. The summed E-state index contributed by atoms with van der Waals surface area (Å²) in [5.74, 6) is 0.900. The number of pyridine rings is 1. The van der Waals surface area contributed by atoms with Gasteiger partial charge in [-0.1, -0.05) is 18.2 Å². The zero-order valence-electron chi connectivity index (χ0n) is 14.2. The average Bonchev–Trinajstić information content (AvgIpc) is 3.07. The number of piperidine rings is 1. The number of para-hydroxylation sites is 1. The Morgan fingerprint density at radius 3 is 2.92 bits per heavy atom. The van der Waals surface area contributed by atoms with Crippen LogP contribution in [0.2, 0.25) is 0 Å². The number of benzene rings is 1. The molecule has 1 aliphatic rings. The van der Waals surface area contributed by atoms with Crippen molar-refractivity contribution in [2.24, 2.45) is 7.05 Å². The molecular formula is C19H21N5O. The smallest absolute Gasteiger partial charge is 0.269 e. The van der Waals surface area contributed by atoms with Gasteiger partial charge in [-0.05, 0) is 37.1 Å². The number of hydrogen-bond acceptors (Lipinski definition) is 4. The molecule has 6 heteroatoms. The number of nitrogens with one attached hydrogen (secondary N) is 1. The predicted molar refractivity (Wildman–Crippen MR) is 97.7 cm³/mol. The molecule has 1 N–H and O–H groups in total. The molecule has 3 aromatic rings. The normalized spacial score (nSPS) is 17.6. The molecule has 6 nitrogen and oxygen atoms in total. The lowest BCUT2D eigenvalue weighted by Crippen LogP contribution is -2.48. The van der Waals surface area contributed by atoms with Gasteiger partial charge in [0.1, 0.15) is 11.5 Å². The Hall–Kier alpha value is -2.89. The van der Waals surface area contributed by atoms with Gasteiger partial charge in [0.15, 0.2) is 0 Å². The molecule has 1 saturated heterocycles. The number of anilines is 1. The summed E-state index contributed by atoms with van der Waals surface area (Å²) in [7, 11) is 1.78. The van der Waals surface area contributed by atoms with Crippen molar-refractivity contribution in [1.82, 2.24) is 20.1 Å². The van der Waals surface area contributed by atoms with Crippen molar-refractivity contribution >= 4 is 22.6 Å². The number of hydrogen-bond donors (Lipinski definition) is 1. The van der Waals surface area contributed by atoms with Crippen molar-refractivity contribution in [2.75, 3.05) is 18.0 Å². The quantitative estimate of drug-likeness (QED) is 0.798. The van der Waals surface area contributed by atoms with Gasteiger partial charge in [0.05, 0.1) is 5.52 Å². The van der Waals surface area contributed by atoms with Crippen LogP contribution in [0.1, 0.15) is 23.3 Å². The van der Waals surface area contributed by atoms with Crippen LogP contribution in [0.15, 0.2) is 48.7 Å². The van der Waals surface area contributed by atoms with Crippen molar-refractivity contribution in [3.8, 4) is 0 Å². The molecule has 1 aliphatic heterocycles. The second-order valence-corrected chi connectivity index (χ2v) is 6.46. The first kappa shape index (κ1) is 15.6. The summed E-state index contributed by atoms with van der Waals surface area (Å²) < 4.78 is 1.60. The van der Waals surface area contributed by atoms with Gasteiger partial charge in [0.2, 0.25) is 0 Å². The first-order valence-electron chi connectivity index (χ1n) is 8.60. The Morgan fingerprint density at radius 1 is 1.20 bits per heavy atom. The fourth-order valence-electron chi connectivity index (χ4n) is 3.39. The highest BCUT2D eigenvalue weighted by atomic mass is 16.2. The van der Waals surface area contributed by atoms with Crippen molar-refractivity contribution in [2.45, 2.75) is 18.9 Å². The first-order chi connectivity index (χ1) is 12.2. The van der Waals surface area contributed by atoms with Crippen molar-refractivity contribution in [1.29, 1.82) is 0 Å². The van der Waals surface area contributed by atoms with Crippen LogP contribution >= 0.6 is 0 Å². The molecule has 4 rings (SSSR count). The Labute approximate surface area is 146 Å². The van der Waals surface area contributed by atoms with Gasteiger partial charge in [-0.3, -0.25) is 9.48 Å². The lowest BCUT2D eigenvalue weighted by molar-refractivity contribution is 0.0923. The number of amides is 1. The summed E-state index contributed by atoms with van der Waals surface area (Å²) in [6.45, 7) is 1.73. The minimum atomic E-state index is -0.0710. The number of fused-ring (bicyclic) bond motifs is 1. The maximum atomic E-state index is 12.4. The summed E-state index contributed by atoms with van der Waals surface area (Å²) in [5, 5.41) is 8.33. The molecule has 1 amide bonds. The number of aromatic nitrogens is 3.